The zero-order valence-corrected chi connectivity index (χ0v) is 8.74. The average Bonchev–Trinajstić information content (AvgIpc) is 2.79. The van der Waals surface area contributed by atoms with Crippen LogP contribution in [0.3, 0.4) is 0 Å². The number of ether oxygens (including phenoxy) is 1. The average molecular weight is 196 g/mol. The van der Waals surface area contributed by atoms with Gasteiger partial charge in [-0.15, -0.1) is 0 Å². The van der Waals surface area contributed by atoms with Crippen LogP contribution in [0.15, 0.2) is 0 Å². The molecule has 2 aliphatic heterocycles. The van der Waals surface area contributed by atoms with E-state index < -0.39 is 0 Å². The van der Waals surface area contributed by atoms with E-state index in [1.54, 1.807) is 0 Å². The second-order valence-corrected chi connectivity index (χ2v) is 4.88. The first kappa shape index (κ1) is 9.13. The molecule has 2 heterocycles. The van der Waals surface area contributed by atoms with Crippen molar-refractivity contribution in [1.29, 1.82) is 0 Å². The summed E-state index contributed by atoms with van der Waals surface area (Å²) in [6.45, 7) is 6.74. The molecule has 0 spiro atoms. The van der Waals surface area contributed by atoms with Gasteiger partial charge in [-0.2, -0.15) is 0 Å². The van der Waals surface area contributed by atoms with Crippen LogP contribution in [-0.2, 0) is 4.74 Å². The molecule has 3 fully saturated rings. The van der Waals surface area contributed by atoms with E-state index in [-0.39, 0.29) is 0 Å². The van der Waals surface area contributed by atoms with Crippen LogP contribution in [-0.4, -0.2) is 50.3 Å². The third kappa shape index (κ3) is 1.47. The van der Waals surface area contributed by atoms with Crippen molar-refractivity contribution >= 4 is 0 Å². The highest BCUT2D eigenvalue weighted by Gasteiger charge is 2.41. The Morgan fingerprint density at radius 2 is 1.93 bits per heavy atom. The maximum Gasteiger partial charge on any atom is 0.0594 e. The first-order chi connectivity index (χ1) is 6.95. The summed E-state index contributed by atoms with van der Waals surface area (Å²) in [7, 11) is 0. The van der Waals surface area contributed by atoms with Crippen molar-refractivity contribution in [3.63, 3.8) is 0 Å². The van der Waals surface area contributed by atoms with E-state index in [0.717, 1.165) is 44.2 Å². The van der Waals surface area contributed by atoms with Gasteiger partial charge in [-0.25, -0.2) is 0 Å². The summed E-state index contributed by atoms with van der Waals surface area (Å²) in [5.74, 6) is 1.91. The minimum atomic E-state index is 0.860. The SMILES string of the molecule is C1CN([C@@H]2CC[C@@H]3CNC[C@H]32)CCO1. The highest BCUT2D eigenvalue weighted by atomic mass is 16.5. The van der Waals surface area contributed by atoms with Gasteiger partial charge in [0, 0.05) is 19.1 Å². The van der Waals surface area contributed by atoms with E-state index in [1.165, 1.54) is 25.9 Å². The summed E-state index contributed by atoms with van der Waals surface area (Å²) in [5.41, 5.74) is 0. The van der Waals surface area contributed by atoms with Crippen LogP contribution < -0.4 is 5.32 Å². The van der Waals surface area contributed by atoms with Crippen molar-refractivity contribution in [1.82, 2.24) is 10.2 Å². The highest BCUT2D eigenvalue weighted by Crippen LogP contribution is 2.37. The molecule has 2 saturated heterocycles. The molecule has 1 aliphatic carbocycles. The molecule has 3 nitrogen and oxygen atoms in total. The maximum atomic E-state index is 5.41. The van der Waals surface area contributed by atoms with Crippen LogP contribution in [0.4, 0.5) is 0 Å². The number of nitrogens with one attached hydrogen (secondary N) is 1. The molecule has 3 rings (SSSR count). The summed E-state index contributed by atoms with van der Waals surface area (Å²) in [4.78, 5) is 2.67. The summed E-state index contributed by atoms with van der Waals surface area (Å²) in [6, 6.07) is 0.860. The second-order valence-electron chi connectivity index (χ2n) is 4.88. The summed E-state index contributed by atoms with van der Waals surface area (Å²) in [5, 5.41) is 3.54. The lowest BCUT2D eigenvalue weighted by Crippen LogP contribution is -2.46. The van der Waals surface area contributed by atoms with E-state index in [1.807, 2.05) is 0 Å². The van der Waals surface area contributed by atoms with Crippen LogP contribution >= 0.6 is 0 Å². The van der Waals surface area contributed by atoms with Crippen molar-refractivity contribution in [2.75, 3.05) is 39.4 Å². The van der Waals surface area contributed by atoms with Crippen molar-refractivity contribution in [2.45, 2.75) is 18.9 Å². The molecule has 3 heteroatoms. The Hall–Kier alpha value is -0.120. The molecule has 1 saturated carbocycles. The van der Waals surface area contributed by atoms with E-state index in [0.29, 0.717) is 0 Å². The molecule has 80 valence electrons. The molecule has 0 unspecified atom stereocenters. The number of rotatable bonds is 1. The smallest absolute Gasteiger partial charge is 0.0594 e. The Kier molecular flexibility index (Phi) is 2.48. The Bertz CT molecular complexity index is 203. The molecule has 0 amide bonds. The predicted octanol–water partition coefficient (Wildman–Crippen LogP) is 0.317. The molecular weight excluding hydrogens is 176 g/mol. The molecule has 0 radical (unpaired) electrons. The van der Waals surface area contributed by atoms with Gasteiger partial charge in [-0.05, 0) is 37.8 Å². The van der Waals surface area contributed by atoms with Crippen molar-refractivity contribution in [2.24, 2.45) is 11.8 Å². The van der Waals surface area contributed by atoms with Crippen molar-refractivity contribution in [3.05, 3.63) is 0 Å². The molecule has 3 atom stereocenters. The Labute approximate surface area is 85.8 Å². The van der Waals surface area contributed by atoms with Crippen LogP contribution in [0.1, 0.15) is 12.8 Å². The largest absolute Gasteiger partial charge is 0.379 e. The molecule has 3 aliphatic rings. The fourth-order valence-corrected chi connectivity index (χ4v) is 3.48. The fraction of sp³-hybridized carbons (Fsp3) is 1.00. The third-order valence-corrected chi connectivity index (χ3v) is 4.23. The number of fused-ring (bicyclic) bond motifs is 1. The second kappa shape index (κ2) is 3.80. The van der Waals surface area contributed by atoms with Crippen LogP contribution in [0.5, 0.6) is 0 Å². The van der Waals surface area contributed by atoms with Crippen molar-refractivity contribution < 1.29 is 4.74 Å². The van der Waals surface area contributed by atoms with Gasteiger partial charge in [0.2, 0.25) is 0 Å². The van der Waals surface area contributed by atoms with Gasteiger partial charge in [0.15, 0.2) is 0 Å². The number of hydrogen-bond acceptors (Lipinski definition) is 3. The number of hydrogen-bond donors (Lipinski definition) is 1. The minimum Gasteiger partial charge on any atom is -0.379 e. The summed E-state index contributed by atoms with van der Waals surface area (Å²) >= 11 is 0. The predicted molar refractivity (Wildman–Crippen MR) is 55.3 cm³/mol. The molecule has 0 aromatic rings. The lowest BCUT2D eigenvalue weighted by atomic mass is 9.96. The first-order valence-electron chi connectivity index (χ1n) is 5.97. The normalized spacial score (nSPS) is 44.1. The lowest BCUT2D eigenvalue weighted by Gasteiger charge is -2.35. The monoisotopic (exact) mass is 196 g/mol. The highest BCUT2D eigenvalue weighted by molar-refractivity contribution is 4.96. The molecule has 1 N–H and O–H groups in total. The summed E-state index contributed by atoms with van der Waals surface area (Å²) in [6.07, 6.45) is 2.87. The quantitative estimate of drug-likeness (QED) is 0.653. The van der Waals surface area contributed by atoms with Gasteiger partial charge in [0.25, 0.3) is 0 Å². The van der Waals surface area contributed by atoms with E-state index in [2.05, 4.69) is 10.2 Å². The topological polar surface area (TPSA) is 24.5 Å². The Morgan fingerprint density at radius 3 is 2.79 bits per heavy atom. The van der Waals surface area contributed by atoms with Gasteiger partial charge >= 0.3 is 0 Å². The first-order valence-corrected chi connectivity index (χ1v) is 5.97. The number of nitrogens with zero attached hydrogens (tertiary/aromatic N) is 1. The molecule has 14 heavy (non-hydrogen) atoms. The fourth-order valence-electron chi connectivity index (χ4n) is 3.48. The van der Waals surface area contributed by atoms with E-state index in [4.69, 9.17) is 4.74 Å². The van der Waals surface area contributed by atoms with Gasteiger partial charge in [0.1, 0.15) is 0 Å². The van der Waals surface area contributed by atoms with Crippen molar-refractivity contribution in [3.8, 4) is 0 Å². The van der Waals surface area contributed by atoms with Crippen LogP contribution in [0.2, 0.25) is 0 Å². The van der Waals surface area contributed by atoms with E-state index in [9.17, 15) is 0 Å². The summed E-state index contributed by atoms with van der Waals surface area (Å²) < 4.78 is 5.41. The lowest BCUT2D eigenvalue weighted by molar-refractivity contribution is 0.00834. The molecule has 0 aromatic carbocycles. The van der Waals surface area contributed by atoms with Gasteiger partial charge in [-0.1, -0.05) is 0 Å². The maximum absolute atomic E-state index is 5.41. The molecule has 0 aromatic heterocycles. The number of morpholine rings is 1. The van der Waals surface area contributed by atoms with E-state index >= 15 is 0 Å². The zero-order valence-electron chi connectivity index (χ0n) is 8.74. The molecular formula is C11H20N2O. The Morgan fingerprint density at radius 1 is 1.07 bits per heavy atom. The standard InChI is InChI=1S/C11H20N2O/c1-2-11(10-8-12-7-9(1)10)13-3-5-14-6-4-13/h9-12H,1-8H2/t9-,10-,11-/m1/s1. The van der Waals surface area contributed by atoms with Crippen LogP contribution in [0.25, 0.3) is 0 Å². The van der Waals surface area contributed by atoms with Gasteiger partial charge in [-0.3, -0.25) is 4.90 Å². The third-order valence-electron chi connectivity index (χ3n) is 4.23. The zero-order chi connectivity index (χ0) is 9.38. The minimum absolute atomic E-state index is 0.860. The Balaban J connectivity index is 1.66. The van der Waals surface area contributed by atoms with Gasteiger partial charge in [0.05, 0.1) is 13.2 Å². The van der Waals surface area contributed by atoms with Crippen LogP contribution in [0, 0.1) is 11.8 Å². The molecule has 0 bridgehead atoms. The van der Waals surface area contributed by atoms with Gasteiger partial charge < -0.3 is 10.1 Å².